The summed E-state index contributed by atoms with van der Waals surface area (Å²) in [5, 5.41) is 8.89. The molecule has 0 aliphatic heterocycles. The largest absolute Gasteiger partial charge is 0.480 e. The van der Waals surface area contributed by atoms with Crippen LogP contribution in [0.2, 0.25) is 0 Å². The van der Waals surface area contributed by atoms with E-state index in [1.54, 1.807) is 0 Å². The van der Waals surface area contributed by atoms with Crippen LogP contribution < -0.4 is 0 Å². The van der Waals surface area contributed by atoms with E-state index in [1.807, 2.05) is 0 Å². The van der Waals surface area contributed by atoms with E-state index in [-0.39, 0.29) is 12.8 Å². The van der Waals surface area contributed by atoms with Crippen molar-refractivity contribution in [3.63, 3.8) is 0 Å². The highest BCUT2D eigenvalue weighted by Crippen LogP contribution is 2.47. The summed E-state index contributed by atoms with van der Waals surface area (Å²) in [5.41, 5.74) is 0. The first-order valence-electron chi connectivity index (χ1n) is 4.64. The highest BCUT2D eigenvalue weighted by Gasteiger charge is 2.62. The smallest absolute Gasteiger partial charge is 0.325 e. The van der Waals surface area contributed by atoms with Crippen molar-refractivity contribution in [1.29, 1.82) is 0 Å². The molecule has 0 bridgehead atoms. The highest BCUT2D eigenvalue weighted by atomic mass is 32.2. The van der Waals surface area contributed by atoms with Crippen LogP contribution in [0.25, 0.3) is 0 Å². The summed E-state index contributed by atoms with van der Waals surface area (Å²) in [6.07, 6.45) is 0.0814. The summed E-state index contributed by atoms with van der Waals surface area (Å²) in [6, 6.07) is 4.82. The lowest BCUT2D eigenvalue weighted by atomic mass is 10.3. The number of carboxylic acids is 1. The number of hydrogen-bond acceptors (Lipinski definition) is 3. The number of sulfone groups is 1. The topological polar surface area (TPSA) is 71.4 Å². The van der Waals surface area contributed by atoms with Gasteiger partial charge in [-0.05, 0) is 25.0 Å². The van der Waals surface area contributed by atoms with Gasteiger partial charge in [0, 0.05) is 0 Å². The second-order valence-electron chi connectivity index (χ2n) is 3.73. The number of carboxylic acid groups (broad SMARTS) is 1. The first-order valence-corrected chi connectivity index (χ1v) is 6.13. The second kappa shape index (κ2) is 3.28. The number of hydrogen-bond donors (Lipinski definition) is 1. The normalized spacial score (nSPS) is 18.1. The number of halogens is 1. The van der Waals surface area contributed by atoms with Crippen LogP contribution in [0.4, 0.5) is 4.39 Å². The average Bonchev–Trinajstić information content (AvgIpc) is 2.98. The standard InChI is InChI=1S/C10H9FO4S/c11-7-3-1-2-4-8(7)16(14,15)10(5-6-10)9(12)13/h1-4H,5-6H2,(H,12,13). The van der Waals surface area contributed by atoms with Gasteiger partial charge in [-0.2, -0.15) is 0 Å². The molecule has 1 aliphatic carbocycles. The molecular weight excluding hydrogens is 235 g/mol. The zero-order chi connectivity index (χ0) is 12.0. The highest BCUT2D eigenvalue weighted by molar-refractivity contribution is 7.94. The van der Waals surface area contributed by atoms with E-state index in [4.69, 9.17) is 5.11 Å². The van der Waals surface area contributed by atoms with Crippen LogP contribution in [-0.4, -0.2) is 24.2 Å². The number of benzene rings is 1. The zero-order valence-corrected chi connectivity index (χ0v) is 9.00. The van der Waals surface area contributed by atoms with Gasteiger partial charge in [-0.15, -0.1) is 0 Å². The predicted octanol–water partition coefficient (Wildman–Crippen LogP) is 1.22. The lowest BCUT2D eigenvalue weighted by molar-refractivity contribution is -0.137. The third-order valence-corrected chi connectivity index (χ3v) is 5.26. The Morgan fingerprint density at radius 3 is 2.31 bits per heavy atom. The fourth-order valence-electron chi connectivity index (χ4n) is 1.58. The molecule has 0 spiro atoms. The lowest BCUT2D eigenvalue weighted by Crippen LogP contribution is -2.32. The van der Waals surface area contributed by atoms with Crippen molar-refractivity contribution in [3.05, 3.63) is 30.1 Å². The van der Waals surface area contributed by atoms with Crippen molar-refractivity contribution in [2.75, 3.05) is 0 Å². The Labute approximate surface area is 91.6 Å². The predicted molar refractivity (Wildman–Crippen MR) is 53.2 cm³/mol. The molecule has 4 nitrogen and oxygen atoms in total. The molecule has 1 aromatic carbocycles. The van der Waals surface area contributed by atoms with Crippen molar-refractivity contribution in [2.45, 2.75) is 22.5 Å². The van der Waals surface area contributed by atoms with Crippen molar-refractivity contribution >= 4 is 15.8 Å². The van der Waals surface area contributed by atoms with Crippen LogP contribution in [-0.2, 0) is 14.6 Å². The molecule has 1 fully saturated rings. The SMILES string of the molecule is O=C(O)C1(S(=O)(=O)c2ccccc2F)CC1. The Bertz CT molecular complexity index is 546. The number of aliphatic carboxylic acids is 1. The van der Waals surface area contributed by atoms with Gasteiger partial charge < -0.3 is 5.11 Å². The Balaban J connectivity index is 2.57. The molecule has 0 aromatic heterocycles. The summed E-state index contributed by atoms with van der Waals surface area (Å²) >= 11 is 0. The molecule has 1 N–H and O–H groups in total. The second-order valence-corrected chi connectivity index (χ2v) is 5.96. The maximum absolute atomic E-state index is 13.3. The molecule has 1 aliphatic rings. The van der Waals surface area contributed by atoms with Crippen LogP contribution >= 0.6 is 0 Å². The molecule has 86 valence electrons. The molecular formula is C10H9FO4S. The van der Waals surface area contributed by atoms with Gasteiger partial charge in [0.1, 0.15) is 10.7 Å². The number of carbonyl (C=O) groups is 1. The molecule has 0 radical (unpaired) electrons. The van der Waals surface area contributed by atoms with Gasteiger partial charge in [0.15, 0.2) is 14.6 Å². The number of rotatable bonds is 3. The summed E-state index contributed by atoms with van der Waals surface area (Å²) in [4.78, 5) is 10.4. The van der Waals surface area contributed by atoms with E-state index in [2.05, 4.69) is 0 Å². The molecule has 0 heterocycles. The van der Waals surface area contributed by atoms with E-state index in [0.717, 1.165) is 12.1 Å². The van der Waals surface area contributed by atoms with Gasteiger partial charge >= 0.3 is 5.97 Å². The summed E-state index contributed by atoms with van der Waals surface area (Å²) in [6.45, 7) is 0. The van der Waals surface area contributed by atoms with Gasteiger partial charge in [0.25, 0.3) is 0 Å². The van der Waals surface area contributed by atoms with Gasteiger partial charge in [0.2, 0.25) is 0 Å². The van der Waals surface area contributed by atoms with Crippen LogP contribution in [0.1, 0.15) is 12.8 Å². The molecule has 0 unspecified atom stereocenters. The summed E-state index contributed by atoms with van der Waals surface area (Å²) < 4.78 is 35.4. The Morgan fingerprint density at radius 2 is 1.88 bits per heavy atom. The first kappa shape index (κ1) is 11.1. The Morgan fingerprint density at radius 1 is 1.31 bits per heavy atom. The van der Waals surface area contributed by atoms with E-state index in [1.165, 1.54) is 12.1 Å². The minimum atomic E-state index is -4.13. The maximum atomic E-state index is 13.3. The molecule has 1 saturated carbocycles. The fraction of sp³-hybridized carbons (Fsp3) is 0.300. The van der Waals surface area contributed by atoms with Gasteiger partial charge in [-0.1, -0.05) is 12.1 Å². The molecule has 2 rings (SSSR count). The minimum Gasteiger partial charge on any atom is -0.480 e. The quantitative estimate of drug-likeness (QED) is 0.867. The Kier molecular flexibility index (Phi) is 2.27. The third kappa shape index (κ3) is 1.33. The maximum Gasteiger partial charge on any atom is 0.325 e. The van der Waals surface area contributed by atoms with Crippen molar-refractivity contribution in [3.8, 4) is 0 Å². The van der Waals surface area contributed by atoms with Gasteiger partial charge in [-0.25, -0.2) is 12.8 Å². The van der Waals surface area contributed by atoms with Crippen LogP contribution in [0.3, 0.4) is 0 Å². The fourth-order valence-corrected chi connectivity index (χ4v) is 3.46. The van der Waals surface area contributed by atoms with Crippen molar-refractivity contribution < 1.29 is 22.7 Å². The Hall–Kier alpha value is -1.43. The average molecular weight is 244 g/mol. The van der Waals surface area contributed by atoms with E-state index in [9.17, 15) is 17.6 Å². The summed E-state index contributed by atoms with van der Waals surface area (Å²) in [5.74, 6) is -2.31. The van der Waals surface area contributed by atoms with E-state index < -0.39 is 31.3 Å². The molecule has 0 atom stereocenters. The molecule has 0 amide bonds. The van der Waals surface area contributed by atoms with E-state index >= 15 is 0 Å². The third-order valence-electron chi connectivity index (χ3n) is 2.73. The molecule has 1 aromatic rings. The van der Waals surface area contributed by atoms with Crippen LogP contribution in [0, 0.1) is 5.82 Å². The van der Waals surface area contributed by atoms with Crippen molar-refractivity contribution in [2.24, 2.45) is 0 Å². The molecule has 6 heteroatoms. The van der Waals surface area contributed by atoms with Gasteiger partial charge in [-0.3, -0.25) is 4.79 Å². The van der Waals surface area contributed by atoms with E-state index in [0.29, 0.717) is 0 Å². The monoisotopic (exact) mass is 244 g/mol. The van der Waals surface area contributed by atoms with Crippen molar-refractivity contribution in [1.82, 2.24) is 0 Å². The first-order chi connectivity index (χ1) is 7.42. The summed E-state index contributed by atoms with van der Waals surface area (Å²) in [7, 11) is -4.13. The van der Waals surface area contributed by atoms with Gasteiger partial charge in [0.05, 0.1) is 0 Å². The molecule has 16 heavy (non-hydrogen) atoms. The minimum absolute atomic E-state index is 0.0407. The zero-order valence-electron chi connectivity index (χ0n) is 8.18. The molecule has 0 saturated heterocycles. The lowest BCUT2D eigenvalue weighted by Gasteiger charge is -2.11. The van der Waals surface area contributed by atoms with Crippen LogP contribution in [0.15, 0.2) is 29.2 Å². The van der Waals surface area contributed by atoms with Crippen LogP contribution in [0.5, 0.6) is 0 Å².